The first kappa shape index (κ1) is 14.2. The molecule has 0 aliphatic rings. The van der Waals surface area contributed by atoms with Gasteiger partial charge in [-0.15, -0.1) is 0 Å². The van der Waals surface area contributed by atoms with Crippen LogP contribution in [0.1, 0.15) is 19.7 Å². The fourth-order valence-corrected chi connectivity index (χ4v) is 2.77. The number of aromatic nitrogens is 4. The zero-order valence-electron chi connectivity index (χ0n) is 10.8. The van der Waals surface area contributed by atoms with E-state index in [9.17, 15) is 0 Å². The van der Waals surface area contributed by atoms with Gasteiger partial charge in [-0.05, 0) is 37.1 Å². The van der Waals surface area contributed by atoms with E-state index in [4.69, 9.17) is 4.74 Å². The maximum absolute atomic E-state index is 5.36. The van der Waals surface area contributed by atoms with Crippen LogP contribution in [0.25, 0.3) is 0 Å². The summed E-state index contributed by atoms with van der Waals surface area (Å²) in [5.74, 6) is 1.48. The molecule has 102 valence electrons. The molecule has 0 aromatic carbocycles. The second-order valence-electron chi connectivity index (χ2n) is 3.48. The molecule has 8 heteroatoms. The Morgan fingerprint density at radius 1 is 1.37 bits per heavy atom. The molecule has 0 radical (unpaired) electrons. The minimum Gasteiger partial charge on any atom is -0.374 e. The third kappa shape index (κ3) is 4.41. The van der Waals surface area contributed by atoms with Crippen molar-refractivity contribution < 1.29 is 4.74 Å². The van der Waals surface area contributed by atoms with E-state index < -0.39 is 0 Å². The highest BCUT2D eigenvalue weighted by molar-refractivity contribution is 8.00. The lowest BCUT2D eigenvalue weighted by molar-refractivity contribution is 0.128. The van der Waals surface area contributed by atoms with Gasteiger partial charge in [-0.3, -0.25) is 0 Å². The fraction of sp³-hybridized carbons (Fsp3) is 0.455. The molecule has 0 amide bonds. The van der Waals surface area contributed by atoms with Gasteiger partial charge in [-0.25, -0.2) is 15.0 Å². The number of ether oxygens (including phenoxy) is 1. The maximum Gasteiger partial charge on any atom is 0.175 e. The lowest BCUT2D eigenvalue weighted by Gasteiger charge is -2.07. The van der Waals surface area contributed by atoms with E-state index in [0.29, 0.717) is 19.0 Å². The molecule has 2 heterocycles. The highest BCUT2D eigenvalue weighted by Crippen LogP contribution is 2.27. The van der Waals surface area contributed by atoms with Gasteiger partial charge in [-0.2, -0.15) is 4.37 Å². The van der Waals surface area contributed by atoms with Crippen LogP contribution < -0.4 is 5.32 Å². The number of hydrogen-bond donors (Lipinski definition) is 1. The van der Waals surface area contributed by atoms with Gasteiger partial charge < -0.3 is 10.1 Å². The molecule has 2 aromatic heterocycles. The SMILES string of the molecule is CCNc1cc(Sc2ncns2)nc(COCC)n1. The first-order valence-corrected chi connectivity index (χ1v) is 7.55. The summed E-state index contributed by atoms with van der Waals surface area (Å²) in [7, 11) is 0. The molecule has 0 fully saturated rings. The van der Waals surface area contributed by atoms with Gasteiger partial charge in [0.25, 0.3) is 0 Å². The minimum atomic E-state index is 0.416. The second-order valence-corrected chi connectivity index (χ2v) is 5.53. The Hall–Kier alpha value is -1.25. The third-order valence-corrected chi connectivity index (χ3v) is 3.71. The summed E-state index contributed by atoms with van der Waals surface area (Å²) in [6.07, 6.45) is 1.54. The standard InChI is InChI=1S/C11H15N5OS2/c1-3-12-8-5-10(18-11-13-7-14-19-11)16-9(15-8)6-17-4-2/h5,7H,3-4,6H2,1-2H3,(H,12,15,16). The van der Waals surface area contributed by atoms with E-state index in [2.05, 4.69) is 24.6 Å². The molecule has 2 aromatic rings. The number of nitrogens with zero attached hydrogens (tertiary/aromatic N) is 4. The number of anilines is 1. The van der Waals surface area contributed by atoms with Gasteiger partial charge in [0, 0.05) is 19.2 Å². The fourth-order valence-electron chi connectivity index (χ4n) is 1.35. The first-order valence-electron chi connectivity index (χ1n) is 5.96. The van der Waals surface area contributed by atoms with Crippen molar-refractivity contribution in [3.05, 3.63) is 18.2 Å². The van der Waals surface area contributed by atoms with Crippen LogP contribution in [0, 0.1) is 0 Å². The molecule has 2 rings (SSSR count). The predicted molar refractivity (Wildman–Crippen MR) is 75.6 cm³/mol. The van der Waals surface area contributed by atoms with E-state index >= 15 is 0 Å². The smallest absolute Gasteiger partial charge is 0.175 e. The van der Waals surface area contributed by atoms with Crippen LogP contribution in [-0.2, 0) is 11.3 Å². The topological polar surface area (TPSA) is 72.8 Å². The molecular formula is C11H15N5OS2. The Labute approximate surface area is 120 Å². The summed E-state index contributed by atoms with van der Waals surface area (Å²) >= 11 is 2.83. The Morgan fingerprint density at radius 3 is 2.95 bits per heavy atom. The van der Waals surface area contributed by atoms with Gasteiger partial charge in [0.1, 0.15) is 23.8 Å². The Morgan fingerprint density at radius 2 is 2.26 bits per heavy atom. The Balaban J connectivity index is 2.17. The van der Waals surface area contributed by atoms with Crippen LogP contribution in [-0.4, -0.2) is 32.5 Å². The first-order chi connectivity index (χ1) is 9.31. The molecule has 1 N–H and O–H groups in total. The predicted octanol–water partition coefficient (Wildman–Crippen LogP) is 2.45. The molecule has 0 bridgehead atoms. The summed E-state index contributed by atoms with van der Waals surface area (Å²) in [6, 6.07) is 1.91. The maximum atomic E-state index is 5.36. The van der Waals surface area contributed by atoms with Gasteiger partial charge in [-0.1, -0.05) is 0 Å². The summed E-state index contributed by atoms with van der Waals surface area (Å²) in [5.41, 5.74) is 0. The molecule has 0 atom stereocenters. The van der Waals surface area contributed by atoms with E-state index in [-0.39, 0.29) is 0 Å². The quantitative estimate of drug-likeness (QED) is 0.787. The molecule has 19 heavy (non-hydrogen) atoms. The van der Waals surface area contributed by atoms with Crippen molar-refractivity contribution in [3.63, 3.8) is 0 Å². The highest BCUT2D eigenvalue weighted by Gasteiger charge is 2.08. The Bertz CT molecular complexity index is 506. The summed E-state index contributed by atoms with van der Waals surface area (Å²) in [4.78, 5) is 13.0. The van der Waals surface area contributed by atoms with E-state index in [1.807, 2.05) is 19.9 Å². The molecule has 0 aliphatic heterocycles. The largest absolute Gasteiger partial charge is 0.374 e. The van der Waals surface area contributed by atoms with Crippen LogP contribution in [0.15, 0.2) is 21.8 Å². The number of hydrogen-bond acceptors (Lipinski definition) is 8. The van der Waals surface area contributed by atoms with Crippen molar-refractivity contribution in [2.75, 3.05) is 18.5 Å². The zero-order valence-corrected chi connectivity index (χ0v) is 12.4. The summed E-state index contributed by atoms with van der Waals surface area (Å²) in [6.45, 7) is 5.86. The highest BCUT2D eigenvalue weighted by atomic mass is 32.2. The van der Waals surface area contributed by atoms with Crippen molar-refractivity contribution in [2.45, 2.75) is 29.8 Å². The minimum absolute atomic E-state index is 0.416. The average Bonchev–Trinajstić information content (AvgIpc) is 2.89. The second kappa shape index (κ2) is 7.37. The lowest BCUT2D eigenvalue weighted by Crippen LogP contribution is -2.05. The van der Waals surface area contributed by atoms with Crippen LogP contribution in [0.3, 0.4) is 0 Å². The van der Waals surface area contributed by atoms with Crippen LogP contribution >= 0.6 is 23.3 Å². The zero-order chi connectivity index (χ0) is 13.5. The van der Waals surface area contributed by atoms with Crippen molar-refractivity contribution in [2.24, 2.45) is 0 Å². The van der Waals surface area contributed by atoms with Crippen molar-refractivity contribution in [1.82, 2.24) is 19.3 Å². The van der Waals surface area contributed by atoms with Crippen molar-refractivity contribution in [1.29, 1.82) is 0 Å². The molecule has 0 saturated carbocycles. The molecule has 6 nitrogen and oxygen atoms in total. The van der Waals surface area contributed by atoms with Crippen LogP contribution in [0.5, 0.6) is 0 Å². The molecule has 0 unspecified atom stereocenters. The molecule has 0 saturated heterocycles. The average molecular weight is 297 g/mol. The number of rotatable bonds is 7. The normalized spacial score (nSPS) is 10.6. The summed E-state index contributed by atoms with van der Waals surface area (Å²) < 4.78 is 10.2. The monoisotopic (exact) mass is 297 g/mol. The number of nitrogens with one attached hydrogen (secondary N) is 1. The van der Waals surface area contributed by atoms with E-state index in [0.717, 1.165) is 21.7 Å². The van der Waals surface area contributed by atoms with Gasteiger partial charge >= 0.3 is 0 Å². The van der Waals surface area contributed by atoms with Crippen LogP contribution in [0.2, 0.25) is 0 Å². The Kier molecular flexibility index (Phi) is 5.49. The van der Waals surface area contributed by atoms with E-state index in [1.54, 1.807) is 6.33 Å². The van der Waals surface area contributed by atoms with Crippen molar-refractivity contribution in [3.8, 4) is 0 Å². The molecule has 0 spiro atoms. The van der Waals surface area contributed by atoms with Gasteiger partial charge in [0.05, 0.1) is 0 Å². The van der Waals surface area contributed by atoms with Crippen LogP contribution in [0.4, 0.5) is 5.82 Å². The van der Waals surface area contributed by atoms with Gasteiger partial charge in [0.15, 0.2) is 10.2 Å². The molecular weight excluding hydrogens is 282 g/mol. The summed E-state index contributed by atoms with van der Waals surface area (Å²) in [5, 5.41) is 4.04. The lowest BCUT2D eigenvalue weighted by atomic mass is 10.5. The van der Waals surface area contributed by atoms with Gasteiger partial charge in [0.2, 0.25) is 0 Å². The third-order valence-electron chi connectivity index (χ3n) is 2.08. The van der Waals surface area contributed by atoms with E-state index in [1.165, 1.54) is 23.3 Å². The molecule has 0 aliphatic carbocycles. The van der Waals surface area contributed by atoms with Crippen molar-refractivity contribution >= 4 is 29.1 Å².